The Hall–Kier alpha value is -3.93. The third kappa shape index (κ3) is 4.44. The van der Waals surface area contributed by atoms with Gasteiger partial charge in [-0.1, -0.05) is 66.2 Å². The van der Waals surface area contributed by atoms with E-state index < -0.39 is 0 Å². The SMILES string of the molecule is Cc1ccc(-c2nn(CCC(=O)N3CCN(c4ccccc4)CC3)c(=O)c3ccccc23)cc1. The Kier molecular flexibility index (Phi) is 6.12. The normalized spacial score (nSPS) is 13.9. The third-order valence-electron chi connectivity index (χ3n) is 6.48. The minimum atomic E-state index is -0.159. The average Bonchev–Trinajstić information content (AvgIpc) is 2.89. The summed E-state index contributed by atoms with van der Waals surface area (Å²) in [6, 6.07) is 26.0. The van der Waals surface area contributed by atoms with E-state index in [0.29, 0.717) is 18.5 Å². The fourth-order valence-electron chi connectivity index (χ4n) is 4.52. The topological polar surface area (TPSA) is 58.4 Å². The molecule has 34 heavy (non-hydrogen) atoms. The summed E-state index contributed by atoms with van der Waals surface area (Å²) in [6.07, 6.45) is 0.254. The second kappa shape index (κ2) is 9.51. The highest BCUT2D eigenvalue weighted by Gasteiger charge is 2.21. The van der Waals surface area contributed by atoms with Crippen molar-refractivity contribution in [1.29, 1.82) is 0 Å². The molecule has 1 saturated heterocycles. The van der Waals surface area contributed by atoms with Crippen LogP contribution >= 0.6 is 0 Å². The number of benzene rings is 3. The highest BCUT2D eigenvalue weighted by molar-refractivity contribution is 5.93. The molecular formula is C28H28N4O2. The minimum Gasteiger partial charge on any atom is -0.368 e. The molecule has 5 rings (SSSR count). The molecule has 6 heteroatoms. The van der Waals surface area contributed by atoms with Crippen LogP contribution in [0.15, 0.2) is 83.7 Å². The molecule has 1 aliphatic rings. The molecule has 0 bridgehead atoms. The van der Waals surface area contributed by atoms with Gasteiger partial charge < -0.3 is 9.80 Å². The zero-order valence-electron chi connectivity index (χ0n) is 19.4. The number of piperazine rings is 1. The van der Waals surface area contributed by atoms with Crippen molar-refractivity contribution in [2.24, 2.45) is 0 Å². The fraction of sp³-hybridized carbons (Fsp3) is 0.250. The van der Waals surface area contributed by atoms with Crippen molar-refractivity contribution < 1.29 is 4.79 Å². The lowest BCUT2D eigenvalue weighted by Crippen LogP contribution is -2.49. The second-order valence-corrected chi connectivity index (χ2v) is 8.74. The molecule has 0 atom stereocenters. The van der Waals surface area contributed by atoms with Crippen LogP contribution in [0.4, 0.5) is 5.69 Å². The smallest absolute Gasteiger partial charge is 0.274 e. The number of anilines is 1. The second-order valence-electron chi connectivity index (χ2n) is 8.74. The van der Waals surface area contributed by atoms with E-state index in [1.807, 2.05) is 78.6 Å². The lowest BCUT2D eigenvalue weighted by atomic mass is 10.0. The van der Waals surface area contributed by atoms with Gasteiger partial charge in [-0.25, -0.2) is 4.68 Å². The number of carbonyl (C=O) groups is 1. The maximum atomic E-state index is 13.1. The number of para-hydroxylation sites is 1. The molecule has 6 nitrogen and oxygen atoms in total. The Morgan fingerprint density at radius 2 is 1.47 bits per heavy atom. The van der Waals surface area contributed by atoms with E-state index in [-0.39, 0.29) is 24.4 Å². The molecule has 1 amide bonds. The molecular weight excluding hydrogens is 424 g/mol. The Morgan fingerprint density at radius 3 is 2.18 bits per heavy atom. The molecule has 0 unspecified atom stereocenters. The van der Waals surface area contributed by atoms with Crippen LogP contribution in [0.3, 0.4) is 0 Å². The predicted octanol–water partition coefficient (Wildman–Crippen LogP) is 4.11. The van der Waals surface area contributed by atoms with Crippen LogP contribution in [-0.4, -0.2) is 46.8 Å². The summed E-state index contributed by atoms with van der Waals surface area (Å²) in [5, 5.41) is 6.15. The van der Waals surface area contributed by atoms with Crippen LogP contribution < -0.4 is 10.5 Å². The Bertz CT molecular complexity index is 1360. The standard InChI is InChI=1S/C28H28N4O2/c1-21-11-13-22(14-12-21)27-24-9-5-6-10-25(24)28(34)32(29-27)16-15-26(33)31-19-17-30(18-20-31)23-7-3-2-4-8-23/h2-14H,15-20H2,1H3. The third-order valence-corrected chi connectivity index (χ3v) is 6.48. The van der Waals surface area contributed by atoms with Crippen molar-refractivity contribution in [3.63, 3.8) is 0 Å². The number of aromatic nitrogens is 2. The summed E-state index contributed by atoms with van der Waals surface area (Å²) in [5.41, 5.74) is 3.91. The van der Waals surface area contributed by atoms with Gasteiger partial charge in [0, 0.05) is 49.2 Å². The molecule has 0 aliphatic carbocycles. The van der Waals surface area contributed by atoms with Crippen molar-refractivity contribution in [2.45, 2.75) is 19.9 Å². The fourth-order valence-corrected chi connectivity index (χ4v) is 4.52. The molecule has 0 saturated carbocycles. The Labute approximate surface area is 199 Å². The molecule has 172 valence electrons. The highest BCUT2D eigenvalue weighted by Crippen LogP contribution is 2.25. The first-order chi connectivity index (χ1) is 16.6. The largest absolute Gasteiger partial charge is 0.368 e. The van der Waals surface area contributed by atoms with Crippen molar-refractivity contribution >= 4 is 22.4 Å². The van der Waals surface area contributed by atoms with E-state index >= 15 is 0 Å². The number of aryl methyl sites for hydroxylation is 2. The summed E-state index contributed by atoms with van der Waals surface area (Å²) in [5.74, 6) is 0.0615. The Morgan fingerprint density at radius 1 is 0.824 bits per heavy atom. The molecule has 4 aromatic rings. The number of hydrogen-bond donors (Lipinski definition) is 0. The average molecular weight is 453 g/mol. The zero-order valence-corrected chi connectivity index (χ0v) is 19.4. The molecule has 1 aromatic heterocycles. The molecule has 1 fully saturated rings. The molecule has 0 spiro atoms. The van der Waals surface area contributed by atoms with Crippen LogP contribution in [0.5, 0.6) is 0 Å². The first-order valence-electron chi connectivity index (χ1n) is 11.7. The first-order valence-corrected chi connectivity index (χ1v) is 11.7. The van der Waals surface area contributed by atoms with Gasteiger partial charge in [0.2, 0.25) is 5.91 Å². The van der Waals surface area contributed by atoms with Gasteiger partial charge in [-0.15, -0.1) is 0 Å². The summed E-state index contributed by atoms with van der Waals surface area (Å²) < 4.78 is 1.45. The van der Waals surface area contributed by atoms with Gasteiger partial charge in [0.1, 0.15) is 0 Å². The summed E-state index contributed by atoms with van der Waals surface area (Å²) >= 11 is 0. The van der Waals surface area contributed by atoms with Gasteiger partial charge in [-0.05, 0) is 25.1 Å². The number of carbonyl (C=O) groups excluding carboxylic acids is 1. The van der Waals surface area contributed by atoms with E-state index in [2.05, 4.69) is 17.0 Å². The van der Waals surface area contributed by atoms with Crippen molar-refractivity contribution in [3.8, 4) is 11.3 Å². The van der Waals surface area contributed by atoms with Gasteiger partial charge in [0.15, 0.2) is 0 Å². The lowest BCUT2D eigenvalue weighted by Gasteiger charge is -2.36. The van der Waals surface area contributed by atoms with E-state index in [1.165, 1.54) is 15.9 Å². The van der Waals surface area contributed by atoms with E-state index in [1.54, 1.807) is 0 Å². The summed E-state index contributed by atoms with van der Waals surface area (Å²) in [7, 11) is 0. The van der Waals surface area contributed by atoms with E-state index in [9.17, 15) is 9.59 Å². The van der Waals surface area contributed by atoms with Gasteiger partial charge in [0.25, 0.3) is 5.56 Å². The number of hydrogen-bond acceptors (Lipinski definition) is 4. The van der Waals surface area contributed by atoms with Gasteiger partial charge in [0.05, 0.1) is 17.6 Å². The number of nitrogens with zero attached hydrogens (tertiary/aromatic N) is 4. The van der Waals surface area contributed by atoms with Crippen LogP contribution in [0, 0.1) is 6.92 Å². The predicted molar refractivity (Wildman–Crippen MR) is 136 cm³/mol. The van der Waals surface area contributed by atoms with E-state index in [0.717, 1.165) is 29.7 Å². The van der Waals surface area contributed by atoms with Crippen molar-refractivity contribution in [1.82, 2.24) is 14.7 Å². The van der Waals surface area contributed by atoms with Crippen molar-refractivity contribution in [2.75, 3.05) is 31.1 Å². The Balaban J connectivity index is 1.32. The van der Waals surface area contributed by atoms with Crippen LogP contribution in [0.1, 0.15) is 12.0 Å². The highest BCUT2D eigenvalue weighted by atomic mass is 16.2. The van der Waals surface area contributed by atoms with Crippen LogP contribution in [0.2, 0.25) is 0 Å². The molecule has 0 N–H and O–H groups in total. The maximum Gasteiger partial charge on any atom is 0.274 e. The maximum absolute atomic E-state index is 13.1. The van der Waals surface area contributed by atoms with Crippen LogP contribution in [-0.2, 0) is 11.3 Å². The monoisotopic (exact) mass is 452 g/mol. The number of rotatable bonds is 5. The van der Waals surface area contributed by atoms with Crippen LogP contribution in [0.25, 0.3) is 22.0 Å². The molecule has 1 aliphatic heterocycles. The van der Waals surface area contributed by atoms with Crippen molar-refractivity contribution in [3.05, 3.63) is 94.8 Å². The number of fused-ring (bicyclic) bond motifs is 1. The molecule has 0 radical (unpaired) electrons. The van der Waals surface area contributed by atoms with Gasteiger partial charge in [-0.3, -0.25) is 9.59 Å². The molecule has 3 aromatic carbocycles. The quantitative estimate of drug-likeness (QED) is 0.457. The summed E-state index contributed by atoms with van der Waals surface area (Å²) in [6.45, 7) is 5.29. The first kappa shape index (κ1) is 21.9. The zero-order chi connectivity index (χ0) is 23.5. The molecule has 2 heterocycles. The van der Waals surface area contributed by atoms with Gasteiger partial charge in [-0.2, -0.15) is 5.10 Å². The van der Waals surface area contributed by atoms with Gasteiger partial charge >= 0.3 is 0 Å². The summed E-state index contributed by atoms with van der Waals surface area (Å²) in [4.78, 5) is 30.3. The minimum absolute atomic E-state index is 0.0615. The van der Waals surface area contributed by atoms with E-state index in [4.69, 9.17) is 5.10 Å². The lowest BCUT2D eigenvalue weighted by molar-refractivity contribution is -0.131. The number of amides is 1.